The maximum Gasteiger partial charge on any atom is 0.109 e. The fourth-order valence-electron chi connectivity index (χ4n) is 2.43. The molecular formula is C14H26N2O3. The number of hydrogen-bond acceptors (Lipinski definition) is 5. The second-order valence-corrected chi connectivity index (χ2v) is 4.99. The molecule has 0 amide bonds. The molecule has 1 N–H and O–H groups in total. The number of nitrogens with zero attached hydrogens (tertiary/aromatic N) is 1. The Morgan fingerprint density at radius 1 is 1.32 bits per heavy atom. The summed E-state index contributed by atoms with van der Waals surface area (Å²) in [5.74, 6) is 0. The molecule has 0 saturated heterocycles. The topological polar surface area (TPSA) is 63.5 Å². The van der Waals surface area contributed by atoms with E-state index in [1.54, 1.807) is 7.11 Å². The summed E-state index contributed by atoms with van der Waals surface area (Å²) in [5, 5.41) is 12.4. The molecule has 0 aromatic rings. The molecule has 0 aromatic carbocycles. The quantitative estimate of drug-likeness (QED) is 0.643. The van der Waals surface area contributed by atoms with E-state index in [2.05, 4.69) is 11.4 Å². The van der Waals surface area contributed by atoms with Crippen molar-refractivity contribution in [1.29, 1.82) is 5.26 Å². The summed E-state index contributed by atoms with van der Waals surface area (Å²) in [5.41, 5.74) is -0.401. The van der Waals surface area contributed by atoms with Crippen LogP contribution in [0.1, 0.15) is 32.1 Å². The van der Waals surface area contributed by atoms with Gasteiger partial charge in [0, 0.05) is 26.7 Å². The molecule has 0 bridgehead atoms. The zero-order valence-corrected chi connectivity index (χ0v) is 12.1. The first-order valence-corrected chi connectivity index (χ1v) is 7.05. The van der Waals surface area contributed by atoms with Crippen LogP contribution in [0.5, 0.6) is 0 Å². The van der Waals surface area contributed by atoms with E-state index in [1.165, 1.54) is 0 Å². The maximum atomic E-state index is 9.25. The van der Waals surface area contributed by atoms with Gasteiger partial charge in [-0.1, -0.05) is 0 Å². The molecule has 110 valence electrons. The number of ether oxygens (including phenoxy) is 3. The molecule has 0 heterocycles. The second kappa shape index (κ2) is 9.27. The molecule has 1 rings (SSSR count). The summed E-state index contributed by atoms with van der Waals surface area (Å²) < 4.78 is 16.2. The molecule has 1 fully saturated rings. The van der Waals surface area contributed by atoms with E-state index in [9.17, 15) is 5.26 Å². The SMILES string of the molecule is CNC1(C#N)CCCC(OCCOCCCOC)C1. The molecule has 5 nitrogen and oxygen atoms in total. The lowest BCUT2D eigenvalue weighted by molar-refractivity contribution is -0.0232. The van der Waals surface area contributed by atoms with Crippen LogP contribution in [0.15, 0.2) is 0 Å². The van der Waals surface area contributed by atoms with Gasteiger partial charge in [0.05, 0.1) is 25.4 Å². The molecule has 1 aliphatic rings. The summed E-state index contributed by atoms with van der Waals surface area (Å²) in [4.78, 5) is 0. The predicted octanol–water partition coefficient (Wildman–Crippen LogP) is 1.48. The van der Waals surface area contributed by atoms with Gasteiger partial charge in [0.25, 0.3) is 0 Å². The van der Waals surface area contributed by atoms with Crippen LogP contribution >= 0.6 is 0 Å². The molecule has 1 saturated carbocycles. The molecule has 2 unspecified atom stereocenters. The van der Waals surface area contributed by atoms with Gasteiger partial charge in [-0.25, -0.2) is 0 Å². The average Bonchev–Trinajstić information content (AvgIpc) is 2.46. The van der Waals surface area contributed by atoms with E-state index < -0.39 is 5.54 Å². The highest BCUT2D eigenvalue weighted by atomic mass is 16.5. The highest BCUT2D eigenvalue weighted by Crippen LogP contribution is 2.29. The van der Waals surface area contributed by atoms with Gasteiger partial charge in [0.1, 0.15) is 5.54 Å². The molecule has 0 aromatic heterocycles. The molecule has 5 heteroatoms. The standard InChI is InChI=1S/C14H26N2O3/c1-16-14(12-15)6-3-5-13(11-14)19-10-9-18-8-4-7-17-2/h13,16H,3-11H2,1-2H3. The fourth-order valence-corrected chi connectivity index (χ4v) is 2.43. The third-order valence-electron chi connectivity index (χ3n) is 3.62. The Kier molecular flexibility index (Phi) is 7.99. The van der Waals surface area contributed by atoms with Crippen molar-refractivity contribution in [2.45, 2.75) is 43.7 Å². The number of rotatable bonds is 9. The zero-order chi connectivity index (χ0) is 14.0. The van der Waals surface area contributed by atoms with Gasteiger partial charge in [-0.3, -0.25) is 0 Å². The zero-order valence-electron chi connectivity index (χ0n) is 12.1. The van der Waals surface area contributed by atoms with Crippen molar-refractivity contribution in [2.75, 3.05) is 40.6 Å². The molecule has 0 radical (unpaired) electrons. The van der Waals surface area contributed by atoms with E-state index in [4.69, 9.17) is 14.2 Å². The molecule has 19 heavy (non-hydrogen) atoms. The minimum absolute atomic E-state index is 0.170. The average molecular weight is 270 g/mol. The van der Waals surface area contributed by atoms with Crippen molar-refractivity contribution in [2.24, 2.45) is 0 Å². The maximum absolute atomic E-state index is 9.25. The van der Waals surface area contributed by atoms with E-state index in [0.29, 0.717) is 19.8 Å². The van der Waals surface area contributed by atoms with Gasteiger partial charge in [-0.15, -0.1) is 0 Å². The Hall–Kier alpha value is -0.670. The van der Waals surface area contributed by atoms with Crippen LogP contribution in [0.3, 0.4) is 0 Å². The summed E-state index contributed by atoms with van der Waals surface area (Å²) in [6.45, 7) is 2.65. The Bertz CT molecular complexity index is 280. The van der Waals surface area contributed by atoms with Crippen molar-refractivity contribution < 1.29 is 14.2 Å². The minimum atomic E-state index is -0.401. The molecule has 2 atom stereocenters. The second-order valence-electron chi connectivity index (χ2n) is 4.99. The van der Waals surface area contributed by atoms with Crippen molar-refractivity contribution in [1.82, 2.24) is 5.32 Å². The predicted molar refractivity (Wildman–Crippen MR) is 72.9 cm³/mol. The Morgan fingerprint density at radius 3 is 2.84 bits per heavy atom. The van der Waals surface area contributed by atoms with Crippen LogP contribution < -0.4 is 5.32 Å². The van der Waals surface area contributed by atoms with E-state index in [1.807, 2.05) is 7.05 Å². The number of methoxy groups -OCH3 is 1. The molecular weight excluding hydrogens is 244 g/mol. The van der Waals surface area contributed by atoms with Gasteiger partial charge in [-0.2, -0.15) is 5.26 Å². The number of nitriles is 1. The Morgan fingerprint density at radius 2 is 2.16 bits per heavy atom. The first-order chi connectivity index (χ1) is 9.26. The summed E-state index contributed by atoms with van der Waals surface area (Å²) in [6, 6.07) is 2.39. The van der Waals surface area contributed by atoms with Gasteiger partial charge in [-0.05, 0) is 32.7 Å². The largest absolute Gasteiger partial charge is 0.385 e. The van der Waals surface area contributed by atoms with Crippen LogP contribution in [0, 0.1) is 11.3 Å². The van der Waals surface area contributed by atoms with E-state index in [-0.39, 0.29) is 6.10 Å². The summed E-state index contributed by atoms with van der Waals surface area (Å²) in [7, 11) is 3.54. The van der Waals surface area contributed by atoms with E-state index >= 15 is 0 Å². The minimum Gasteiger partial charge on any atom is -0.385 e. The van der Waals surface area contributed by atoms with E-state index in [0.717, 1.165) is 38.7 Å². The Balaban J connectivity index is 2.11. The normalized spacial score (nSPS) is 27.1. The summed E-state index contributed by atoms with van der Waals surface area (Å²) in [6.07, 6.45) is 4.83. The Labute approximate surface area is 116 Å². The number of hydrogen-bond donors (Lipinski definition) is 1. The van der Waals surface area contributed by atoms with Crippen LogP contribution in [-0.4, -0.2) is 52.2 Å². The van der Waals surface area contributed by atoms with Crippen molar-refractivity contribution in [3.8, 4) is 6.07 Å². The van der Waals surface area contributed by atoms with Crippen molar-refractivity contribution >= 4 is 0 Å². The fraction of sp³-hybridized carbons (Fsp3) is 0.929. The first-order valence-electron chi connectivity index (χ1n) is 7.05. The van der Waals surface area contributed by atoms with Crippen molar-refractivity contribution in [3.63, 3.8) is 0 Å². The van der Waals surface area contributed by atoms with Gasteiger partial charge < -0.3 is 19.5 Å². The van der Waals surface area contributed by atoms with Crippen LogP contribution in [0.2, 0.25) is 0 Å². The van der Waals surface area contributed by atoms with Crippen LogP contribution in [0.25, 0.3) is 0 Å². The third-order valence-corrected chi connectivity index (χ3v) is 3.62. The smallest absolute Gasteiger partial charge is 0.109 e. The van der Waals surface area contributed by atoms with Crippen LogP contribution in [-0.2, 0) is 14.2 Å². The van der Waals surface area contributed by atoms with Crippen molar-refractivity contribution in [3.05, 3.63) is 0 Å². The highest BCUT2D eigenvalue weighted by Gasteiger charge is 2.35. The lowest BCUT2D eigenvalue weighted by atomic mass is 9.81. The lowest BCUT2D eigenvalue weighted by Gasteiger charge is -2.35. The first kappa shape index (κ1) is 16.4. The van der Waals surface area contributed by atoms with Gasteiger partial charge in [0.2, 0.25) is 0 Å². The molecule has 0 aliphatic heterocycles. The lowest BCUT2D eigenvalue weighted by Crippen LogP contribution is -2.47. The highest BCUT2D eigenvalue weighted by molar-refractivity contribution is 5.09. The monoisotopic (exact) mass is 270 g/mol. The third kappa shape index (κ3) is 5.87. The van der Waals surface area contributed by atoms with Gasteiger partial charge in [0.15, 0.2) is 0 Å². The summed E-state index contributed by atoms with van der Waals surface area (Å²) >= 11 is 0. The molecule has 0 spiro atoms. The number of nitrogens with one attached hydrogen (secondary N) is 1. The van der Waals surface area contributed by atoms with Gasteiger partial charge >= 0.3 is 0 Å². The molecule has 1 aliphatic carbocycles. The van der Waals surface area contributed by atoms with Crippen LogP contribution in [0.4, 0.5) is 0 Å².